The van der Waals surface area contributed by atoms with Gasteiger partial charge in [-0.1, -0.05) is 12.1 Å². The Kier molecular flexibility index (Phi) is 7.70. The smallest absolute Gasteiger partial charge is 0.231 e. The van der Waals surface area contributed by atoms with Crippen molar-refractivity contribution in [2.45, 2.75) is 18.5 Å². The normalized spacial score (nSPS) is 12.8. The summed E-state index contributed by atoms with van der Waals surface area (Å²) in [4.78, 5) is 12.4. The molecular formula is C17H26N4O3S. The Morgan fingerprint density at radius 2 is 2.20 bits per heavy atom. The van der Waals surface area contributed by atoms with Crippen molar-refractivity contribution in [2.75, 3.05) is 40.0 Å². The van der Waals surface area contributed by atoms with Crippen molar-refractivity contribution in [3.8, 4) is 0 Å². The quantitative estimate of drug-likeness (QED) is 0.273. The summed E-state index contributed by atoms with van der Waals surface area (Å²) < 4.78 is 5.72. The van der Waals surface area contributed by atoms with Crippen molar-refractivity contribution in [1.29, 1.82) is 0 Å². The molecule has 0 saturated heterocycles. The molecule has 0 radical (unpaired) electrons. The number of hydrogen-bond donors (Lipinski definition) is 2. The van der Waals surface area contributed by atoms with Crippen LogP contribution in [0.25, 0.3) is 10.8 Å². The summed E-state index contributed by atoms with van der Waals surface area (Å²) in [5, 5.41) is 18.9. The number of nitrogens with zero attached hydrogens (tertiary/aromatic N) is 2. The molecule has 1 atom stereocenters. The molecule has 0 aliphatic carbocycles. The first kappa shape index (κ1) is 19.7. The summed E-state index contributed by atoms with van der Waals surface area (Å²) in [6.07, 6.45) is 1.51. The van der Waals surface area contributed by atoms with Crippen LogP contribution < -0.4 is 10.6 Å². The number of nitro groups is 1. The lowest BCUT2D eigenvalue weighted by atomic mass is 10.1. The number of fused-ring (bicyclic) bond motifs is 1. The number of rotatable bonds is 11. The van der Waals surface area contributed by atoms with Crippen molar-refractivity contribution < 1.29 is 9.34 Å². The van der Waals surface area contributed by atoms with Crippen LogP contribution in [0, 0.1) is 10.1 Å². The van der Waals surface area contributed by atoms with Gasteiger partial charge in [0, 0.05) is 34.5 Å². The Hall–Kier alpha value is -1.61. The van der Waals surface area contributed by atoms with Gasteiger partial charge in [0.25, 0.3) is 0 Å². The highest BCUT2D eigenvalue weighted by atomic mass is 32.2. The average molecular weight is 366 g/mol. The van der Waals surface area contributed by atoms with E-state index in [1.54, 1.807) is 25.1 Å². The fourth-order valence-corrected chi connectivity index (χ4v) is 3.41. The maximum absolute atomic E-state index is 10.5. The predicted molar refractivity (Wildman–Crippen MR) is 102 cm³/mol. The minimum Gasteiger partial charge on any atom is -0.467 e. The van der Waals surface area contributed by atoms with E-state index in [4.69, 9.17) is 4.42 Å². The van der Waals surface area contributed by atoms with Crippen LogP contribution in [-0.4, -0.2) is 56.0 Å². The van der Waals surface area contributed by atoms with E-state index < -0.39 is 0 Å². The maximum Gasteiger partial charge on any atom is 0.231 e. The lowest BCUT2D eigenvalue weighted by Gasteiger charge is -2.13. The minimum absolute atomic E-state index is 0.126. The summed E-state index contributed by atoms with van der Waals surface area (Å²) in [7, 11) is 5.83. The molecule has 0 aliphatic heterocycles. The molecule has 25 heavy (non-hydrogen) atoms. The molecule has 8 heteroatoms. The number of hydrogen-bond acceptors (Lipinski definition) is 7. The van der Waals surface area contributed by atoms with E-state index in [0.717, 1.165) is 29.2 Å². The Bertz CT molecular complexity index is 690. The highest BCUT2D eigenvalue weighted by molar-refractivity contribution is 7.98. The molecule has 1 unspecified atom stereocenters. The van der Waals surface area contributed by atoms with Crippen molar-refractivity contribution in [1.82, 2.24) is 15.5 Å². The molecule has 138 valence electrons. The molecule has 2 aromatic rings. The zero-order valence-corrected chi connectivity index (χ0v) is 15.8. The summed E-state index contributed by atoms with van der Waals surface area (Å²) in [6, 6.07) is 6.43. The van der Waals surface area contributed by atoms with Crippen molar-refractivity contribution >= 4 is 22.5 Å². The molecule has 0 aliphatic rings. The van der Waals surface area contributed by atoms with Crippen LogP contribution in [-0.2, 0) is 12.3 Å². The van der Waals surface area contributed by atoms with Gasteiger partial charge in [0.15, 0.2) is 0 Å². The van der Waals surface area contributed by atoms with Crippen molar-refractivity contribution in [3.63, 3.8) is 0 Å². The highest BCUT2D eigenvalue weighted by Crippen LogP contribution is 2.26. The minimum atomic E-state index is -0.318. The second-order valence-electron chi connectivity index (χ2n) is 6.18. The van der Waals surface area contributed by atoms with Crippen LogP contribution in [0.15, 0.2) is 28.9 Å². The predicted octanol–water partition coefficient (Wildman–Crippen LogP) is 2.14. The molecule has 0 bridgehead atoms. The van der Waals surface area contributed by atoms with Gasteiger partial charge in [-0.15, -0.1) is 0 Å². The van der Waals surface area contributed by atoms with E-state index in [-0.39, 0.29) is 17.6 Å². The fourth-order valence-electron chi connectivity index (χ4n) is 2.60. The monoisotopic (exact) mass is 366 g/mol. The van der Waals surface area contributed by atoms with E-state index in [9.17, 15) is 10.1 Å². The Balaban J connectivity index is 1.83. The number of thioether (sulfide) groups is 1. The lowest BCUT2D eigenvalue weighted by Crippen LogP contribution is -2.46. The molecule has 2 rings (SSSR count). The lowest BCUT2D eigenvalue weighted by molar-refractivity contribution is -0.484. The van der Waals surface area contributed by atoms with E-state index in [1.165, 1.54) is 10.9 Å². The molecule has 7 nitrogen and oxygen atoms in total. The van der Waals surface area contributed by atoms with Crippen LogP contribution >= 0.6 is 11.8 Å². The van der Waals surface area contributed by atoms with Gasteiger partial charge in [-0.05, 0) is 32.8 Å². The van der Waals surface area contributed by atoms with Gasteiger partial charge in [0.2, 0.25) is 6.54 Å². The van der Waals surface area contributed by atoms with Gasteiger partial charge >= 0.3 is 0 Å². The van der Waals surface area contributed by atoms with E-state index in [0.29, 0.717) is 6.54 Å². The summed E-state index contributed by atoms with van der Waals surface area (Å²) in [6.45, 7) is 1.48. The Labute approximate surface area is 152 Å². The van der Waals surface area contributed by atoms with Crippen LogP contribution in [0.2, 0.25) is 0 Å². The first-order valence-corrected chi connectivity index (χ1v) is 9.39. The molecular weight excluding hydrogens is 340 g/mol. The topological polar surface area (TPSA) is 83.6 Å². The van der Waals surface area contributed by atoms with Gasteiger partial charge in [0.05, 0.1) is 12.0 Å². The molecule has 0 amide bonds. The average Bonchev–Trinajstić information content (AvgIpc) is 2.95. The molecule has 0 spiro atoms. The fraction of sp³-hybridized carbons (Fsp3) is 0.529. The third-order valence-electron chi connectivity index (χ3n) is 3.80. The summed E-state index contributed by atoms with van der Waals surface area (Å²) in [5.41, 5.74) is 1.27. The molecule has 1 heterocycles. The highest BCUT2D eigenvalue weighted by Gasteiger charge is 2.12. The molecule has 0 fully saturated rings. The van der Waals surface area contributed by atoms with Gasteiger partial charge in [-0.2, -0.15) is 11.8 Å². The van der Waals surface area contributed by atoms with Gasteiger partial charge in [-0.3, -0.25) is 20.7 Å². The van der Waals surface area contributed by atoms with Crippen LogP contribution in [0.1, 0.15) is 11.3 Å². The number of nitrogens with one attached hydrogen (secondary N) is 2. The first-order valence-electron chi connectivity index (χ1n) is 8.23. The largest absolute Gasteiger partial charge is 0.467 e. The molecule has 2 N–H and O–H groups in total. The molecule has 0 saturated carbocycles. The third kappa shape index (κ3) is 6.32. The van der Waals surface area contributed by atoms with Crippen LogP contribution in [0.5, 0.6) is 0 Å². The zero-order valence-electron chi connectivity index (χ0n) is 14.9. The van der Waals surface area contributed by atoms with Gasteiger partial charge < -0.3 is 9.32 Å². The number of benzene rings is 1. The second-order valence-corrected chi connectivity index (χ2v) is 7.29. The Morgan fingerprint density at radius 1 is 1.40 bits per heavy atom. The van der Waals surface area contributed by atoms with Gasteiger partial charge in [0.1, 0.15) is 11.9 Å². The van der Waals surface area contributed by atoms with Crippen molar-refractivity contribution in [3.05, 3.63) is 45.9 Å². The molecule has 1 aromatic heterocycles. The summed E-state index contributed by atoms with van der Waals surface area (Å²) >= 11 is 1.75. The van der Waals surface area contributed by atoms with E-state index in [1.807, 2.05) is 0 Å². The third-order valence-corrected chi connectivity index (χ3v) is 4.75. The van der Waals surface area contributed by atoms with Gasteiger partial charge in [-0.25, -0.2) is 0 Å². The first-order chi connectivity index (χ1) is 12.0. The van der Waals surface area contributed by atoms with E-state index in [2.05, 4.69) is 47.8 Å². The van der Waals surface area contributed by atoms with Crippen LogP contribution in [0.3, 0.4) is 0 Å². The summed E-state index contributed by atoms with van der Waals surface area (Å²) in [5.74, 6) is 2.63. The molecule has 1 aromatic carbocycles. The van der Waals surface area contributed by atoms with Crippen molar-refractivity contribution in [2.24, 2.45) is 0 Å². The Morgan fingerprint density at radius 3 is 2.88 bits per heavy atom. The number of likely N-dealkylation sites (N-methyl/N-ethyl adjacent to an activating group) is 1. The van der Waals surface area contributed by atoms with Crippen LogP contribution in [0.4, 0.5) is 0 Å². The standard InChI is InChI=1S/C17H26N4O3S/c1-18-17(10-21(22)23)19-6-7-25-12-16-15-8-13(9-20(2)3)4-5-14(15)11-24-16/h4-5,8,11,17-19H,6-7,9-10,12H2,1-3H3. The number of furan rings is 1. The second kappa shape index (κ2) is 9.76. The zero-order chi connectivity index (χ0) is 18.2. The van der Waals surface area contributed by atoms with E-state index >= 15 is 0 Å². The SMILES string of the molecule is CNC(C[N+](=O)[O-])NCCSCc1occ2ccc(CN(C)C)cc12. The maximum atomic E-state index is 10.5.